The lowest BCUT2D eigenvalue weighted by atomic mass is 9.74. The second-order valence-electron chi connectivity index (χ2n) is 12.9. The van der Waals surface area contributed by atoms with Gasteiger partial charge in [0, 0.05) is 12.1 Å². The molecule has 1 aliphatic rings. The summed E-state index contributed by atoms with van der Waals surface area (Å²) in [6.07, 6.45) is 1.72. The number of allylic oxidation sites excluding steroid dienone is 1. The van der Waals surface area contributed by atoms with Gasteiger partial charge in [-0.2, -0.15) is 5.26 Å². The highest BCUT2D eigenvalue weighted by molar-refractivity contribution is 5.93. The molecule has 0 spiro atoms. The van der Waals surface area contributed by atoms with E-state index in [1.807, 2.05) is 61.5 Å². The Morgan fingerprint density at radius 3 is 2.29 bits per heavy atom. The van der Waals surface area contributed by atoms with Crippen LogP contribution in [0.5, 0.6) is 5.75 Å². The summed E-state index contributed by atoms with van der Waals surface area (Å²) < 4.78 is 19.0. The first kappa shape index (κ1) is 30.6. The molecule has 0 saturated heterocycles. The van der Waals surface area contributed by atoms with E-state index in [4.69, 9.17) is 19.2 Å². The summed E-state index contributed by atoms with van der Waals surface area (Å²) >= 11 is 0. The first-order valence-corrected chi connectivity index (χ1v) is 14.0. The molecule has 1 atom stereocenters. The van der Waals surface area contributed by atoms with Crippen LogP contribution in [0, 0.1) is 18.3 Å². The van der Waals surface area contributed by atoms with Crippen molar-refractivity contribution >= 4 is 28.9 Å². The predicted octanol–water partition coefficient (Wildman–Crippen LogP) is 7.19. The third-order valence-corrected chi connectivity index (χ3v) is 7.20. The molecule has 1 aliphatic heterocycles. The van der Waals surface area contributed by atoms with Gasteiger partial charge in [-0.1, -0.05) is 6.08 Å². The van der Waals surface area contributed by atoms with Gasteiger partial charge < -0.3 is 14.2 Å². The SMILES string of the molecule is C=CCC(C)(c1c(OC)cc(C)c2c1CCN2C(=O)OC(C)(C)C)c1nc2cc(C#N)ccc2n1C(=O)OC(C)(C)C. The summed E-state index contributed by atoms with van der Waals surface area (Å²) in [6, 6.07) is 9.09. The van der Waals surface area contributed by atoms with Crippen molar-refractivity contribution in [2.24, 2.45) is 0 Å². The van der Waals surface area contributed by atoms with Crippen LogP contribution in [0.2, 0.25) is 0 Å². The summed E-state index contributed by atoms with van der Waals surface area (Å²) in [5.74, 6) is 1.03. The van der Waals surface area contributed by atoms with Crippen LogP contribution >= 0.6 is 0 Å². The van der Waals surface area contributed by atoms with Crippen molar-refractivity contribution in [3.8, 4) is 11.8 Å². The Hall–Kier alpha value is -4.32. The summed E-state index contributed by atoms with van der Waals surface area (Å²) in [7, 11) is 1.61. The molecule has 1 amide bonds. The number of aryl methyl sites for hydroxylation is 1. The first-order chi connectivity index (χ1) is 19.5. The molecule has 0 N–H and O–H groups in total. The van der Waals surface area contributed by atoms with Gasteiger partial charge in [0.25, 0.3) is 0 Å². The summed E-state index contributed by atoms with van der Waals surface area (Å²) in [4.78, 5) is 33.7. The number of nitrogens with zero attached hydrogens (tertiary/aromatic N) is 4. The van der Waals surface area contributed by atoms with Gasteiger partial charge in [0.2, 0.25) is 0 Å². The van der Waals surface area contributed by atoms with Crippen molar-refractivity contribution in [1.29, 1.82) is 5.26 Å². The summed E-state index contributed by atoms with van der Waals surface area (Å²) in [5, 5.41) is 9.55. The quantitative estimate of drug-likeness (QED) is 0.298. The van der Waals surface area contributed by atoms with Crippen molar-refractivity contribution < 1.29 is 23.8 Å². The molecule has 222 valence electrons. The van der Waals surface area contributed by atoms with Gasteiger partial charge in [0.15, 0.2) is 0 Å². The molecule has 0 aliphatic carbocycles. The Kier molecular flexibility index (Phi) is 7.90. The number of amides is 1. The summed E-state index contributed by atoms with van der Waals surface area (Å²) in [5.41, 5.74) is 2.43. The van der Waals surface area contributed by atoms with Gasteiger partial charge in [0.1, 0.15) is 22.8 Å². The third-order valence-electron chi connectivity index (χ3n) is 7.20. The summed E-state index contributed by atoms with van der Waals surface area (Å²) in [6.45, 7) is 19.4. The fraction of sp³-hybridized carbons (Fsp3) is 0.455. The molecular formula is C33H40N4O5. The van der Waals surface area contributed by atoms with E-state index in [9.17, 15) is 14.9 Å². The highest BCUT2D eigenvalue weighted by atomic mass is 16.6. The van der Waals surface area contributed by atoms with E-state index in [1.165, 1.54) is 4.57 Å². The fourth-order valence-electron chi connectivity index (χ4n) is 5.67. The molecule has 9 nitrogen and oxygen atoms in total. The molecule has 1 unspecified atom stereocenters. The fourth-order valence-corrected chi connectivity index (χ4v) is 5.67. The van der Waals surface area contributed by atoms with Crippen LogP contribution in [0.1, 0.15) is 83.0 Å². The number of aromatic nitrogens is 2. The number of carbonyl (C=O) groups is 2. The minimum absolute atomic E-state index is 0.391. The largest absolute Gasteiger partial charge is 0.496 e. The van der Waals surface area contributed by atoms with E-state index in [2.05, 4.69) is 12.6 Å². The average Bonchev–Trinajstić information content (AvgIpc) is 3.49. The van der Waals surface area contributed by atoms with Crippen LogP contribution in [0.4, 0.5) is 15.3 Å². The number of rotatable bonds is 5. The van der Waals surface area contributed by atoms with E-state index < -0.39 is 28.8 Å². The Balaban J connectivity index is 2.04. The van der Waals surface area contributed by atoms with Gasteiger partial charge in [-0.25, -0.2) is 19.1 Å². The standard InChI is InChI=1S/C33H40N4O5/c1-11-15-33(9,28-35-23-18-21(19-34)12-13-24(23)37(28)30(39)42-32(6,7)8)26-22-14-16-36(29(38)41-31(3,4)5)27(22)20(2)17-25(26)40-10/h11-13,17-18H,1,14-16H2,2-10H3. The number of hydrogen-bond acceptors (Lipinski definition) is 7. The Labute approximate surface area is 247 Å². The molecule has 9 heteroatoms. The number of carbonyl (C=O) groups excluding carboxylic acids is 2. The average molecular weight is 573 g/mol. The lowest BCUT2D eigenvalue weighted by Gasteiger charge is -2.33. The van der Waals surface area contributed by atoms with E-state index in [0.29, 0.717) is 47.6 Å². The molecule has 3 aromatic rings. The van der Waals surface area contributed by atoms with Crippen LogP contribution in [0.25, 0.3) is 11.0 Å². The maximum atomic E-state index is 13.8. The molecule has 2 aromatic carbocycles. The Bertz CT molecular complexity index is 1620. The molecule has 42 heavy (non-hydrogen) atoms. The smallest absolute Gasteiger partial charge is 0.420 e. The second-order valence-corrected chi connectivity index (χ2v) is 12.9. The minimum Gasteiger partial charge on any atom is -0.496 e. The maximum absolute atomic E-state index is 13.8. The van der Waals surface area contributed by atoms with Crippen LogP contribution < -0.4 is 9.64 Å². The van der Waals surface area contributed by atoms with Crippen molar-refractivity contribution in [3.63, 3.8) is 0 Å². The maximum Gasteiger partial charge on any atom is 0.420 e. The molecule has 4 rings (SSSR count). The van der Waals surface area contributed by atoms with Crippen LogP contribution in [-0.4, -0.2) is 46.6 Å². The number of imidazole rings is 1. The topological polar surface area (TPSA) is 107 Å². The highest BCUT2D eigenvalue weighted by Crippen LogP contribution is 2.49. The monoisotopic (exact) mass is 572 g/mol. The van der Waals surface area contributed by atoms with Crippen molar-refractivity contribution in [1.82, 2.24) is 9.55 Å². The molecule has 0 saturated carbocycles. The van der Waals surface area contributed by atoms with Gasteiger partial charge >= 0.3 is 12.2 Å². The molecule has 0 fully saturated rings. The van der Waals surface area contributed by atoms with Crippen molar-refractivity contribution in [2.45, 2.75) is 84.8 Å². The van der Waals surface area contributed by atoms with E-state index in [1.54, 1.807) is 36.3 Å². The third kappa shape index (κ3) is 5.58. The molecular weight excluding hydrogens is 532 g/mol. The van der Waals surface area contributed by atoms with Gasteiger partial charge in [-0.15, -0.1) is 6.58 Å². The van der Waals surface area contributed by atoms with E-state index >= 15 is 0 Å². The highest BCUT2D eigenvalue weighted by Gasteiger charge is 2.43. The molecule has 0 radical (unpaired) electrons. The molecule has 0 bridgehead atoms. The minimum atomic E-state index is -0.947. The Morgan fingerprint density at radius 2 is 1.71 bits per heavy atom. The molecule has 2 heterocycles. The zero-order valence-corrected chi connectivity index (χ0v) is 26.0. The zero-order chi connectivity index (χ0) is 31.2. The van der Waals surface area contributed by atoms with Crippen molar-refractivity contribution in [3.05, 3.63) is 65.0 Å². The van der Waals surface area contributed by atoms with Gasteiger partial charge in [-0.3, -0.25) is 4.90 Å². The second kappa shape index (κ2) is 10.8. The lowest BCUT2D eigenvalue weighted by Crippen LogP contribution is -2.36. The lowest BCUT2D eigenvalue weighted by molar-refractivity contribution is 0.0532. The van der Waals surface area contributed by atoms with Gasteiger partial charge in [-0.05, 0) is 104 Å². The Morgan fingerprint density at radius 1 is 1.07 bits per heavy atom. The van der Waals surface area contributed by atoms with E-state index in [0.717, 1.165) is 22.4 Å². The number of anilines is 1. The number of hydrogen-bond donors (Lipinski definition) is 0. The molecule has 1 aromatic heterocycles. The van der Waals surface area contributed by atoms with Crippen LogP contribution in [0.3, 0.4) is 0 Å². The van der Waals surface area contributed by atoms with Gasteiger partial charge in [0.05, 0.1) is 40.9 Å². The predicted molar refractivity (Wildman–Crippen MR) is 162 cm³/mol. The van der Waals surface area contributed by atoms with Crippen LogP contribution in [0.15, 0.2) is 36.9 Å². The van der Waals surface area contributed by atoms with Crippen LogP contribution in [-0.2, 0) is 21.3 Å². The normalized spacial score (nSPS) is 14.6. The number of ether oxygens (including phenoxy) is 3. The number of methoxy groups -OCH3 is 1. The van der Waals surface area contributed by atoms with Crippen molar-refractivity contribution in [2.75, 3.05) is 18.6 Å². The first-order valence-electron chi connectivity index (χ1n) is 14.0. The number of fused-ring (bicyclic) bond motifs is 2. The number of benzene rings is 2. The van der Waals surface area contributed by atoms with E-state index in [-0.39, 0.29) is 0 Å². The number of nitriles is 1. The zero-order valence-electron chi connectivity index (χ0n) is 26.0.